The predicted octanol–water partition coefficient (Wildman–Crippen LogP) is 0.156. The lowest BCUT2D eigenvalue weighted by molar-refractivity contribution is -0.127. The van der Waals surface area contributed by atoms with E-state index in [0.29, 0.717) is 0 Å². The van der Waals surface area contributed by atoms with Crippen molar-refractivity contribution in [3.05, 3.63) is 0 Å². The van der Waals surface area contributed by atoms with E-state index in [1.54, 1.807) is 7.11 Å². The molecule has 0 aliphatic carbocycles. The second kappa shape index (κ2) is 2.35. The van der Waals surface area contributed by atoms with E-state index in [-0.39, 0.29) is 19.5 Å². The maximum Gasteiger partial charge on any atom is 0.249 e. The van der Waals surface area contributed by atoms with Gasteiger partial charge in [0.05, 0.1) is 0 Å². The highest BCUT2D eigenvalue weighted by Crippen LogP contribution is 2.09. The zero-order valence-corrected chi connectivity index (χ0v) is 5.68. The third-order valence-corrected chi connectivity index (χ3v) is 1.53. The Morgan fingerprint density at radius 2 is 2.56 bits per heavy atom. The fourth-order valence-electron chi connectivity index (χ4n) is 1.03. The number of nitrogens with one attached hydrogen (secondary N) is 1. The van der Waals surface area contributed by atoms with Crippen molar-refractivity contribution in [2.45, 2.75) is 25.5 Å². The molecule has 1 heterocycles. The van der Waals surface area contributed by atoms with Crippen LogP contribution in [0.1, 0.15) is 14.8 Å². The molecule has 1 saturated heterocycles. The summed E-state index contributed by atoms with van der Waals surface area (Å²) < 4.78 is 4.88. The van der Waals surface area contributed by atoms with Gasteiger partial charge in [0.15, 0.2) is 0 Å². The van der Waals surface area contributed by atoms with Crippen LogP contribution in [0, 0.1) is 0 Å². The topological polar surface area (TPSA) is 38.3 Å². The Balaban J connectivity index is 0.000000810. The van der Waals surface area contributed by atoms with Gasteiger partial charge in [-0.25, -0.2) is 0 Å². The Hall–Kier alpha value is -0.570. The van der Waals surface area contributed by atoms with Gasteiger partial charge in [-0.05, 0) is 6.92 Å². The molecule has 1 rings (SSSR count). The van der Waals surface area contributed by atoms with Crippen LogP contribution in [0.25, 0.3) is 0 Å². The predicted molar refractivity (Wildman–Crippen MR) is 35.1 cm³/mol. The van der Waals surface area contributed by atoms with Gasteiger partial charge in [-0.1, -0.05) is 0 Å². The first-order chi connectivity index (χ1) is 4.24. The Bertz CT molecular complexity index is 129. The molecule has 9 heavy (non-hydrogen) atoms. The molecular weight excluding hydrogens is 118 g/mol. The van der Waals surface area contributed by atoms with Gasteiger partial charge in [-0.3, -0.25) is 4.79 Å². The first-order valence-electron chi connectivity index (χ1n) is 3.07. The van der Waals surface area contributed by atoms with Crippen molar-refractivity contribution in [2.75, 3.05) is 7.11 Å². The first kappa shape index (κ1) is 6.55. The zero-order valence-electron chi connectivity index (χ0n) is 5.68. The van der Waals surface area contributed by atoms with Crippen molar-refractivity contribution < 1.29 is 11.0 Å². The van der Waals surface area contributed by atoms with Crippen molar-refractivity contribution >= 4 is 5.91 Å². The summed E-state index contributed by atoms with van der Waals surface area (Å²) in [6, 6.07) is 0.280. The normalized spacial score (nSPS) is 34.7. The van der Waals surface area contributed by atoms with E-state index < -0.39 is 0 Å². The summed E-state index contributed by atoms with van der Waals surface area (Å²) in [6.45, 7) is 1.97. The summed E-state index contributed by atoms with van der Waals surface area (Å²) >= 11 is 0. The van der Waals surface area contributed by atoms with Crippen LogP contribution in [0.5, 0.6) is 0 Å². The highest BCUT2D eigenvalue weighted by molar-refractivity contribution is 5.83. The molecule has 1 N–H and O–H groups in total. The number of amides is 1. The van der Waals surface area contributed by atoms with Crippen molar-refractivity contribution in [3.63, 3.8) is 0 Å². The Kier molecular flexibility index (Phi) is 1.71. The molecule has 2 atom stereocenters. The molecule has 0 radical (unpaired) electrons. The van der Waals surface area contributed by atoms with Gasteiger partial charge in [0.25, 0.3) is 0 Å². The Labute approximate surface area is 55.9 Å². The van der Waals surface area contributed by atoms with E-state index in [0.717, 1.165) is 6.42 Å². The van der Waals surface area contributed by atoms with Gasteiger partial charge in [0, 0.05) is 21.0 Å². The number of methoxy groups -OCH3 is 1. The van der Waals surface area contributed by atoms with Gasteiger partial charge in [-0.15, -0.1) is 0 Å². The molecule has 0 aromatic heterocycles. The van der Waals surface area contributed by atoms with E-state index in [9.17, 15) is 4.79 Å². The van der Waals surface area contributed by atoms with Crippen molar-refractivity contribution in [1.82, 2.24) is 5.32 Å². The summed E-state index contributed by atoms with van der Waals surface area (Å²) in [7, 11) is 1.56. The second-order valence-corrected chi connectivity index (χ2v) is 2.37. The molecule has 1 fully saturated rings. The molecule has 1 aliphatic heterocycles. The minimum absolute atomic E-state index is 0. The Morgan fingerprint density at radius 3 is 2.78 bits per heavy atom. The highest BCUT2D eigenvalue weighted by Gasteiger charge is 2.28. The number of rotatable bonds is 1. The molecule has 0 aromatic carbocycles. The first-order valence-corrected chi connectivity index (χ1v) is 3.07. The second-order valence-electron chi connectivity index (χ2n) is 2.37. The van der Waals surface area contributed by atoms with Crippen molar-refractivity contribution in [1.29, 1.82) is 0 Å². The van der Waals surface area contributed by atoms with E-state index >= 15 is 0 Å². The monoisotopic (exact) mass is 131 g/mol. The average Bonchev–Trinajstić information content (AvgIpc) is 2.10. The van der Waals surface area contributed by atoms with E-state index in [1.807, 2.05) is 6.92 Å². The summed E-state index contributed by atoms with van der Waals surface area (Å²) in [5.41, 5.74) is 0. The molecule has 3 nitrogen and oxygen atoms in total. The summed E-state index contributed by atoms with van der Waals surface area (Å²) in [4.78, 5) is 10.8. The fraction of sp³-hybridized carbons (Fsp3) is 0.833. The number of carbonyl (C=O) groups is 1. The lowest BCUT2D eigenvalue weighted by Crippen LogP contribution is -2.26. The molecule has 1 amide bonds. The van der Waals surface area contributed by atoms with Crippen LogP contribution in [0.15, 0.2) is 0 Å². The lowest BCUT2D eigenvalue weighted by atomic mass is 10.2. The smallest absolute Gasteiger partial charge is 0.249 e. The molecule has 0 saturated carbocycles. The maximum absolute atomic E-state index is 10.8. The van der Waals surface area contributed by atoms with Gasteiger partial charge < -0.3 is 10.1 Å². The van der Waals surface area contributed by atoms with Crippen LogP contribution in [0.4, 0.5) is 0 Å². The van der Waals surface area contributed by atoms with Gasteiger partial charge in [-0.2, -0.15) is 0 Å². The maximum atomic E-state index is 10.8. The standard InChI is InChI=1S/C6H11NO2.H2/c1-4-3-5(9-2)6(8)7-4;/h4-5H,3H2,1-2H3,(H,7,8);1H. The summed E-state index contributed by atoms with van der Waals surface area (Å²) in [6.07, 6.45) is 0.593. The molecule has 0 bridgehead atoms. The number of carbonyl (C=O) groups excluding carboxylic acids is 1. The largest absolute Gasteiger partial charge is 0.372 e. The molecule has 0 spiro atoms. The minimum Gasteiger partial charge on any atom is -0.372 e. The quantitative estimate of drug-likeness (QED) is 0.550. The van der Waals surface area contributed by atoms with Gasteiger partial charge in [0.2, 0.25) is 5.91 Å². The average molecular weight is 131 g/mol. The minimum atomic E-state index is -0.208. The fourth-order valence-corrected chi connectivity index (χ4v) is 1.03. The van der Waals surface area contributed by atoms with Gasteiger partial charge in [0.1, 0.15) is 6.10 Å². The molecule has 54 valence electrons. The van der Waals surface area contributed by atoms with Crippen molar-refractivity contribution in [3.8, 4) is 0 Å². The van der Waals surface area contributed by atoms with Crippen LogP contribution >= 0.6 is 0 Å². The zero-order chi connectivity index (χ0) is 6.85. The molecular formula is C6H13NO2. The number of hydrogen-bond acceptors (Lipinski definition) is 2. The molecule has 1 aliphatic rings. The number of hydrogen-bond donors (Lipinski definition) is 1. The lowest BCUT2D eigenvalue weighted by Gasteiger charge is -2.00. The third-order valence-electron chi connectivity index (χ3n) is 1.53. The summed E-state index contributed by atoms with van der Waals surface area (Å²) in [5.74, 6) is 0.0185. The SMILES string of the molecule is COC1CC(C)NC1=O.[HH]. The van der Waals surface area contributed by atoms with Crippen LogP contribution < -0.4 is 5.32 Å². The van der Waals surface area contributed by atoms with E-state index in [4.69, 9.17) is 4.74 Å². The Morgan fingerprint density at radius 1 is 1.89 bits per heavy atom. The van der Waals surface area contributed by atoms with Crippen LogP contribution in [-0.2, 0) is 9.53 Å². The van der Waals surface area contributed by atoms with E-state index in [2.05, 4.69) is 5.32 Å². The summed E-state index contributed by atoms with van der Waals surface area (Å²) in [5, 5.41) is 2.75. The molecule has 2 unspecified atom stereocenters. The highest BCUT2D eigenvalue weighted by atomic mass is 16.5. The van der Waals surface area contributed by atoms with Crippen LogP contribution in [-0.4, -0.2) is 25.2 Å². The van der Waals surface area contributed by atoms with Gasteiger partial charge >= 0.3 is 0 Å². The molecule has 0 aromatic rings. The van der Waals surface area contributed by atoms with Crippen LogP contribution in [0.3, 0.4) is 0 Å². The number of ether oxygens (including phenoxy) is 1. The third kappa shape index (κ3) is 1.21. The van der Waals surface area contributed by atoms with E-state index in [1.165, 1.54) is 0 Å². The van der Waals surface area contributed by atoms with Crippen LogP contribution in [0.2, 0.25) is 0 Å². The molecule has 3 heteroatoms. The van der Waals surface area contributed by atoms with Crippen molar-refractivity contribution in [2.24, 2.45) is 0 Å².